The van der Waals surface area contributed by atoms with Gasteiger partial charge in [-0.2, -0.15) is 0 Å². The number of nitrogens with zero attached hydrogens (tertiary/aromatic N) is 1. The van der Waals surface area contributed by atoms with Crippen LogP contribution in [0.5, 0.6) is 5.75 Å². The smallest absolute Gasteiger partial charge is 0.270 e. The lowest BCUT2D eigenvalue weighted by atomic mass is 10.0. The highest BCUT2D eigenvalue weighted by atomic mass is 35.5. The monoisotopic (exact) mass is 519 g/mol. The molecule has 3 rings (SSSR count). The fraction of sp³-hybridized carbons (Fsp3) is 0.320. The Morgan fingerprint density at radius 2 is 1.79 bits per heavy atom. The highest BCUT2D eigenvalue weighted by Crippen LogP contribution is 2.28. The van der Waals surface area contributed by atoms with E-state index < -0.39 is 0 Å². The first-order chi connectivity index (χ1) is 16.2. The van der Waals surface area contributed by atoms with E-state index in [1.165, 1.54) is 17.4 Å². The number of carbonyl (C=O) groups excluding carboxylic acids is 2. The Bertz CT molecular complexity index is 1160. The number of hydrogen-bond donors (Lipinski definition) is 2. The van der Waals surface area contributed by atoms with Gasteiger partial charge in [0.05, 0.1) is 10.6 Å². The topological polar surface area (TPSA) is 80.3 Å². The second kappa shape index (κ2) is 12.2. The summed E-state index contributed by atoms with van der Waals surface area (Å²) in [5.74, 6) is 0.652. The third kappa shape index (κ3) is 7.19. The van der Waals surface area contributed by atoms with Crippen molar-refractivity contribution in [3.63, 3.8) is 0 Å². The van der Waals surface area contributed by atoms with Gasteiger partial charge in [0.25, 0.3) is 11.8 Å². The fourth-order valence-electron chi connectivity index (χ4n) is 3.22. The maximum atomic E-state index is 12.4. The molecular weight excluding hydrogens is 493 g/mol. The first-order valence-corrected chi connectivity index (χ1v) is 12.6. The number of rotatable bonds is 10. The Morgan fingerprint density at radius 3 is 2.50 bits per heavy atom. The Hall–Kier alpha value is -2.61. The molecular formula is C25H27Cl2N3O3S. The number of carbonyl (C=O) groups is 2. The fourth-order valence-corrected chi connectivity index (χ4v) is 4.40. The molecule has 0 saturated heterocycles. The summed E-state index contributed by atoms with van der Waals surface area (Å²) in [7, 11) is 0. The van der Waals surface area contributed by atoms with Gasteiger partial charge in [-0.05, 0) is 54.7 Å². The molecule has 2 aromatic carbocycles. The van der Waals surface area contributed by atoms with Gasteiger partial charge < -0.3 is 15.4 Å². The van der Waals surface area contributed by atoms with Crippen molar-refractivity contribution in [1.82, 2.24) is 15.6 Å². The van der Waals surface area contributed by atoms with Gasteiger partial charge in [-0.15, -0.1) is 11.3 Å². The molecule has 0 fully saturated rings. The summed E-state index contributed by atoms with van der Waals surface area (Å²) in [4.78, 5) is 29.0. The Balaban J connectivity index is 1.42. The minimum Gasteiger partial charge on any atom is -0.486 e. The standard InChI is InChI=1S/C25H27Cl2N3O3S/c1-15(2)18-7-5-16(3)11-22(18)33-13-23-30-21(14-34-23)25(32)29-10-4-9-28-24(31)19-8-6-17(26)12-20(19)27/h5-8,11-12,14-15H,4,9-10,13H2,1-3H3,(H,28,31)(H,29,32). The SMILES string of the molecule is Cc1ccc(C(C)C)c(OCc2nc(C(=O)NCCCNC(=O)c3ccc(Cl)cc3Cl)cs2)c1. The molecule has 1 aromatic heterocycles. The molecule has 6 nitrogen and oxygen atoms in total. The number of thiazole rings is 1. The average molecular weight is 520 g/mol. The van der Waals surface area contributed by atoms with E-state index in [-0.39, 0.29) is 11.8 Å². The summed E-state index contributed by atoms with van der Waals surface area (Å²) in [6, 6.07) is 10.9. The Morgan fingerprint density at radius 1 is 1.06 bits per heavy atom. The van der Waals surface area contributed by atoms with Crippen molar-refractivity contribution in [2.45, 2.75) is 39.7 Å². The largest absolute Gasteiger partial charge is 0.486 e. The van der Waals surface area contributed by atoms with Gasteiger partial charge in [0.15, 0.2) is 0 Å². The van der Waals surface area contributed by atoms with E-state index in [9.17, 15) is 9.59 Å². The van der Waals surface area contributed by atoms with E-state index >= 15 is 0 Å². The third-order valence-electron chi connectivity index (χ3n) is 5.03. The molecule has 0 aliphatic carbocycles. The van der Waals surface area contributed by atoms with Crippen LogP contribution in [-0.2, 0) is 6.61 Å². The highest BCUT2D eigenvalue weighted by Gasteiger charge is 2.13. The van der Waals surface area contributed by atoms with E-state index in [2.05, 4.69) is 41.6 Å². The average Bonchev–Trinajstić information content (AvgIpc) is 3.26. The van der Waals surface area contributed by atoms with Crippen molar-refractivity contribution >= 4 is 46.4 Å². The number of nitrogens with one attached hydrogen (secondary N) is 2. The third-order valence-corrected chi connectivity index (χ3v) is 6.40. The Kier molecular flexibility index (Phi) is 9.33. The zero-order valence-corrected chi connectivity index (χ0v) is 21.6. The van der Waals surface area contributed by atoms with Crippen LogP contribution >= 0.6 is 34.5 Å². The molecule has 0 radical (unpaired) electrons. The number of aryl methyl sites for hydroxylation is 1. The molecule has 0 saturated carbocycles. The van der Waals surface area contributed by atoms with Crippen molar-refractivity contribution in [3.8, 4) is 5.75 Å². The van der Waals surface area contributed by atoms with Crippen LogP contribution in [-0.4, -0.2) is 29.9 Å². The molecule has 0 aliphatic rings. The normalized spacial score (nSPS) is 10.9. The predicted molar refractivity (Wildman–Crippen MR) is 137 cm³/mol. The van der Waals surface area contributed by atoms with Crippen molar-refractivity contribution in [2.24, 2.45) is 0 Å². The molecule has 34 heavy (non-hydrogen) atoms. The number of aromatic nitrogens is 1. The minimum absolute atomic E-state index is 0.256. The number of ether oxygens (including phenoxy) is 1. The molecule has 0 aliphatic heterocycles. The number of benzene rings is 2. The van der Waals surface area contributed by atoms with Gasteiger partial charge in [0, 0.05) is 23.5 Å². The lowest BCUT2D eigenvalue weighted by Gasteiger charge is -2.14. The van der Waals surface area contributed by atoms with E-state index in [1.807, 2.05) is 13.0 Å². The molecule has 1 heterocycles. The first kappa shape index (κ1) is 26.0. The highest BCUT2D eigenvalue weighted by molar-refractivity contribution is 7.09. The van der Waals surface area contributed by atoms with Gasteiger partial charge >= 0.3 is 0 Å². The molecule has 0 bridgehead atoms. The van der Waals surface area contributed by atoms with Crippen LogP contribution in [0, 0.1) is 6.92 Å². The maximum Gasteiger partial charge on any atom is 0.270 e. The Labute approximate surface area is 213 Å². The van der Waals surface area contributed by atoms with Crippen LogP contribution in [0.3, 0.4) is 0 Å². The van der Waals surface area contributed by atoms with Gasteiger partial charge in [-0.3, -0.25) is 9.59 Å². The quantitative estimate of drug-likeness (QED) is 0.321. The molecule has 2 N–H and O–H groups in total. The van der Waals surface area contributed by atoms with Crippen LogP contribution in [0.25, 0.3) is 0 Å². The van der Waals surface area contributed by atoms with Gasteiger partial charge in [0.2, 0.25) is 0 Å². The summed E-state index contributed by atoms with van der Waals surface area (Å²) in [6.45, 7) is 7.38. The van der Waals surface area contributed by atoms with Crippen LogP contribution in [0.15, 0.2) is 41.8 Å². The van der Waals surface area contributed by atoms with Crippen molar-refractivity contribution in [2.75, 3.05) is 13.1 Å². The summed E-state index contributed by atoms with van der Waals surface area (Å²) >= 11 is 13.3. The second-order valence-electron chi connectivity index (χ2n) is 8.10. The first-order valence-electron chi connectivity index (χ1n) is 10.9. The van der Waals surface area contributed by atoms with E-state index in [4.69, 9.17) is 27.9 Å². The van der Waals surface area contributed by atoms with Gasteiger partial charge in [-0.25, -0.2) is 4.98 Å². The summed E-state index contributed by atoms with van der Waals surface area (Å²) in [6.07, 6.45) is 0.564. The van der Waals surface area contributed by atoms with Crippen LogP contribution in [0.2, 0.25) is 10.0 Å². The van der Waals surface area contributed by atoms with Gasteiger partial charge in [0.1, 0.15) is 23.1 Å². The van der Waals surface area contributed by atoms with E-state index in [0.717, 1.165) is 21.9 Å². The molecule has 9 heteroatoms. The van der Waals surface area contributed by atoms with E-state index in [0.29, 0.717) is 53.3 Å². The zero-order valence-electron chi connectivity index (χ0n) is 19.3. The molecule has 0 atom stereocenters. The van der Waals surface area contributed by atoms with Crippen molar-refractivity contribution < 1.29 is 14.3 Å². The van der Waals surface area contributed by atoms with Crippen molar-refractivity contribution in [3.05, 3.63) is 79.2 Å². The molecule has 180 valence electrons. The summed E-state index contributed by atoms with van der Waals surface area (Å²) < 4.78 is 6.00. The number of amides is 2. The number of halogens is 2. The molecule has 3 aromatic rings. The molecule has 0 unspecified atom stereocenters. The van der Waals surface area contributed by atoms with Gasteiger partial charge in [-0.1, -0.05) is 49.2 Å². The number of hydrogen-bond acceptors (Lipinski definition) is 5. The molecule has 0 spiro atoms. The minimum atomic E-state index is -0.286. The van der Waals surface area contributed by atoms with Crippen LogP contribution in [0.1, 0.15) is 63.2 Å². The predicted octanol–water partition coefficient (Wildman–Crippen LogP) is 6.01. The second-order valence-corrected chi connectivity index (χ2v) is 9.89. The maximum absolute atomic E-state index is 12.4. The summed E-state index contributed by atoms with van der Waals surface area (Å²) in [5.41, 5.74) is 2.99. The lowest BCUT2D eigenvalue weighted by molar-refractivity contribution is 0.0948. The lowest BCUT2D eigenvalue weighted by Crippen LogP contribution is -2.30. The van der Waals surface area contributed by atoms with E-state index in [1.54, 1.807) is 17.5 Å². The van der Waals surface area contributed by atoms with Crippen molar-refractivity contribution in [1.29, 1.82) is 0 Å². The van der Waals surface area contributed by atoms with Crippen LogP contribution in [0.4, 0.5) is 0 Å². The van der Waals surface area contributed by atoms with Crippen LogP contribution < -0.4 is 15.4 Å². The zero-order chi connectivity index (χ0) is 24.7. The molecule has 2 amide bonds. The summed E-state index contributed by atoms with van der Waals surface area (Å²) in [5, 5.41) is 8.81.